The number of nitrogens with zero attached hydrogens (tertiary/aromatic N) is 4. The molecular weight excluding hydrogens is 609 g/mol. The standard InChI is InChI=1S/C30H44N4O4S4/c1-21-11-17-31(18-12-21)23(35)9-5-3-7-15-33-27(37)25(41-29(33)39)26-28(38)34(30(40)42-26)16-8-4-6-10-24(36)32-19-13-22(2)14-20-32/h21-22H,3-20H2,1-2H3. The zero-order valence-electron chi connectivity index (χ0n) is 24.9. The summed E-state index contributed by atoms with van der Waals surface area (Å²) in [5.41, 5.74) is 0. The van der Waals surface area contributed by atoms with Crippen molar-refractivity contribution in [2.24, 2.45) is 11.8 Å². The molecule has 4 heterocycles. The Kier molecular flexibility index (Phi) is 12.7. The van der Waals surface area contributed by atoms with Crippen molar-refractivity contribution in [3.05, 3.63) is 9.81 Å². The summed E-state index contributed by atoms with van der Waals surface area (Å²) >= 11 is 13.3. The topological polar surface area (TPSA) is 81.2 Å². The molecule has 0 saturated carbocycles. The molecule has 4 amide bonds. The summed E-state index contributed by atoms with van der Waals surface area (Å²) in [7, 11) is 0. The number of likely N-dealkylation sites (tertiary alicyclic amines) is 2. The second kappa shape index (κ2) is 16.0. The number of carbonyl (C=O) groups is 4. The lowest BCUT2D eigenvalue weighted by Crippen LogP contribution is -2.37. The van der Waals surface area contributed by atoms with Crippen LogP contribution in [0.4, 0.5) is 0 Å². The van der Waals surface area contributed by atoms with Crippen molar-refractivity contribution in [2.45, 2.75) is 90.9 Å². The Balaban J connectivity index is 1.16. The van der Waals surface area contributed by atoms with Crippen LogP contribution in [0.25, 0.3) is 0 Å². The summed E-state index contributed by atoms with van der Waals surface area (Å²) in [6.45, 7) is 8.90. The fourth-order valence-electron chi connectivity index (χ4n) is 5.73. The van der Waals surface area contributed by atoms with Gasteiger partial charge in [-0.1, -0.05) is 74.6 Å². The molecule has 8 nitrogen and oxygen atoms in total. The monoisotopic (exact) mass is 652 g/mol. The van der Waals surface area contributed by atoms with Crippen LogP contribution >= 0.6 is 48.0 Å². The van der Waals surface area contributed by atoms with E-state index in [0.717, 1.165) is 90.4 Å². The molecule has 0 radical (unpaired) electrons. The highest BCUT2D eigenvalue weighted by molar-refractivity contribution is 8.29. The summed E-state index contributed by atoms with van der Waals surface area (Å²) in [6.07, 6.45) is 10.2. The van der Waals surface area contributed by atoms with E-state index in [1.54, 1.807) is 9.80 Å². The summed E-state index contributed by atoms with van der Waals surface area (Å²) < 4.78 is 0.929. The number of piperidine rings is 2. The number of carbonyl (C=O) groups excluding carboxylic acids is 4. The lowest BCUT2D eigenvalue weighted by molar-refractivity contribution is -0.133. The Bertz CT molecular complexity index is 1010. The molecule has 0 N–H and O–H groups in total. The zero-order chi connectivity index (χ0) is 30.2. The highest BCUT2D eigenvalue weighted by Gasteiger charge is 2.41. The van der Waals surface area contributed by atoms with Gasteiger partial charge in [0.05, 0.1) is 9.81 Å². The molecule has 4 rings (SSSR count). The Morgan fingerprint density at radius 2 is 1.00 bits per heavy atom. The van der Waals surface area contributed by atoms with Gasteiger partial charge in [-0.15, -0.1) is 0 Å². The van der Waals surface area contributed by atoms with E-state index in [-0.39, 0.29) is 23.6 Å². The molecule has 0 atom stereocenters. The molecule has 4 aliphatic rings. The van der Waals surface area contributed by atoms with Crippen LogP contribution in [0, 0.1) is 11.8 Å². The third-order valence-electron chi connectivity index (χ3n) is 8.72. The number of rotatable bonds is 12. The van der Waals surface area contributed by atoms with Gasteiger partial charge in [-0.05, 0) is 63.2 Å². The number of thioether (sulfide) groups is 2. The van der Waals surface area contributed by atoms with Gasteiger partial charge in [-0.3, -0.25) is 29.0 Å². The van der Waals surface area contributed by atoms with Gasteiger partial charge < -0.3 is 9.80 Å². The number of unbranched alkanes of at least 4 members (excludes halogenated alkanes) is 4. The predicted molar refractivity (Wildman–Crippen MR) is 178 cm³/mol. The van der Waals surface area contributed by atoms with Crippen molar-refractivity contribution < 1.29 is 19.2 Å². The SMILES string of the molecule is CC1CCN(C(=O)CCCCCN2C(=O)C(=C3SC(=S)N(CCCCCC(=O)N4CCC(C)CC4)C3=O)SC2=S)CC1. The molecule has 0 unspecified atom stereocenters. The van der Waals surface area contributed by atoms with E-state index in [1.807, 2.05) is 9.80 Å². The summed E-state index contributed by atoms with van der Waals surface area (Å²) in [5.74, 6) is 1.41. The minimum atomic E-state index is -0.227. The van der Waals surface area contributed by atoms with Gasteiger partial charge in [-0.2, -0.15) is 0 Å². The lowest BCUT2D eigenvalue weighted by Gasteiger charge is -2.30. The minimum absolute atomic E-state index is 0.227. The van der Waals surface area contributed by atoms with Crippen molar-refractivity contribution >= 4 is 80.2 Å². The van der Waals surface area contributed by atoms with Gasteiger partial charge in [0.1, 0.15) is 8.64 Å². The lowest BCUT2D eigenvalue weighted by atomic mass is 9.99. The zero-order valence-corrected chi connectivity index (χ0v) is 28.2. The fourth-order valence-corrected chi connectivity index (χ4v) is 8.51. The number of thiocarbonyl (C=S) groups is 2. The van der Waals surface area contributed by atoms with E-state index >= 15 is 0 Å². The van der Waals surface area contributed by atoms with E-state index in [4.69, 9.17) is 24.4 Å². The second-order valence-electron chi connectivity index (χ2n) is 12.1. The number of hydrogen-bond acceptors (Lipinski definition) is 8. The van der Waals surface area contributed by atoms with Crippen LogP contribution in [0.3, 0.4) is 0 Å². The normalized spacial score (nSPS) is 22.7. The van der Waals surface area contributed by atoms with Crippen molar-refractivity contribution in [1.82, 2.24) is 19.6 Å². The van der Waals surface area contributed by atoms with Gasteiger partial charge in [0.15, 0.2) is 0 Å². The number of amides is 4. The molecule has 0 bridgehead atoms. The van der Waals surface area contributed by atoms with Gasteiger partial charge in [0.2, 0.25) is 11.8 Å². The Hall–Kier alpha value is -1.50. The fraction of sp³-hybridized carbons (Fsp3) is 0.733. The quantitative estimate of drug-likeness (QED) is 0.154. The predicted octanol–water partition coefficient (Wildman–Crippen LogP) is 5.56. The van der Waals surface area contributed by atoms with Gasteiger partial charge in [-0.25, -0.2) is 0 Å². The van der Waals surface area contributed by atoms with E-state index in [1.165, 1.54) is 23.5 Å². The second-order valence-corrected chi connectivity index (χ2v) is 15.3. The highest BCUT2D eigenvalue weighted by atomic mass is 32.2. The Morgan fingerprint density at radius 1 is 0.643 bits per heavy atom. The van der Waals surface area contributed by atoms with E-state index in [2.05, 4.69) is 13.8 Å². The van der Waals surface area contributed by atoms with Crippen LogP contribution < -0.4 is 0 Å². The molecular formula is C30H44N4O4S4. The third-order valence-corrected chi connectivity index (χ3v) is 11.7. The first-order valence-electron chi connectivity index (χ1n) is 15.5. The maximum Gasteiger partial charge on any atom is 0.267 e. The molecule has 0 aromatic rings. The van der Waals surface area contributed by atoms with Gasteiger partial charge in [0, 0.05) is 52.1 Å². The Labute approximate surface area is 269 Å². The van der Waals surface area contributed by atoms with Crippen molar-refractivity contribution in [1.29, 1.82) is 0 Å². The van der Waals surface area contributed by atoms with Crippen LogP contribution in [0.15, 0.2) is 9.81 Å². The summed E-state index contributed by atoms with van der Waals surface area (Å²) in [6, 6.07) is 0. The van der Waals surface area contributed by atoms with Crippen LogP contribution in [0.5, 0.6) is 0 Å². The average molecular weight is 653 g/mol. The first-order valence-corrected chi connectivity index (χ1v) is 18.0. The van der Waals surface area contributed by atoms with Crippen molar-refractivity contribution in [2.75, 3.05) is 39.3 Å². The smallest absolute Gasteiger partial charge is 0.267 e. The van der Waals surface area contributed by atoms with Crippen molar-refractivity contribution in [3.63, 3.8) is 0 Å². The highest BCUT2D eigenvalue weighted by Crippen LogP contribution is 2.42. The van der Waals surface area contributed by atoms with Gasteiger partial charge in [0.25, 0.3) is 11.8 Å². The molecule has 0 aliphatic carbocycles. The maximum atomic E-state index is 13.2. The van der Waals surface area contributed by atoms with Crippen LogP contribution in [-0.2, 0) is 19.2 Å². The molecule has 232 valence electrons. The van der Waals surface area contributed by atoms with Gasteiger partial charge >= 0.3 is 0 Å². The minimum Gasteiger partial charge on any atom is -0.343 e. The molecule has 4 saturated heterocycles. The molecule has 0 spiro atoms. The summed E-state index contributed by atoms with van der Waals surface area (Å²) in [4.78, 5) is 59.2. The molecule has 4 fully saturated rings. The van der Waals surface area contributed by atoms with E-state index < -0.39 is 0 Å². The summed E-state index contributed by atoms with van der Waals surface area (Å²) in [5, 5.41) is 0. The first kappa shape index (κ1) is 33.4. The van der Waals surface area contributed by atoms with E-state index in [9.17, 15) is 19.2 Å². The van der Waals surface area contributed by atoms with Crippen LogP contribution in [0.1, 0.15) is 90.9 Å². The maximum absolute atomic E-state index is 13.2. The molecule has 0 aromatic heterocycles. The van der Waals surface area contributed by atoms with Crippen LogP contribution in [-0.4, -0.2) is 91.1 Å². The first-order chi connectivity index (χ1) is 20.2. The molecule has 4 aliphatic heterocycles. The largest absolute Gasteiger partial charge is 0.343 e. The third kappa shape index (κ3) is 8.79. The molecule has 12 heteroatoms. The van der Waals surface area contributed by atoms with Crippen LogP contribution in [0.2, 0.25) is 0 Å². The molecule has 42 heavy (non-hydrogen) atoms. The Morgan fingerprint density at radius 3 is 1.36 bits per heavy atom. The number of hydrogen-bond donors (Lipinski definition) is 0. The average Bonchev–Trinajstić information content (AvgIpc) is 3.41. The molecule has 0 aromatic carbocycles. The van der Waals surface area contributed by atoms with Crippen molar-refractivity contribution in [3.8, 4) is 0 Å². The van der Waals surface area contributed by atoms with E-state index in [0.29, 0.717) is 56.2 Å².